The molecule has 0 spiro atoms. The number of benzene rings is 1. The van der Waals surface area contributed by atoms with Crippen molar-refractivity contribution in [3.63, 3.8) is 0 Å². The lowest BCUT2D eigenvalue weighted by molar-refractivity contribution is -0.137. The maximum atomic E-state index is 12.5. The average Bonchev–Trinajstić information content (AvgIpc) is 2.79. The van der Waals surface area contributed by atoms with Crippen molar-refractivity contribution in [2.45, 2.75) is 50.7 Å². The number of ether oxygens (including phenoxy) is 2. The van der Waals surface area contributed by atoms with Gasteiger partial charge >= 0.3 is 0 Å². The Labute approximate surface area is 182 Å². The van der Waals surface area contributed by atoms with E-state index in [1.807, 2.05) is 17.0 Å². The highest BCUT2D eigenvalue weighted by atomic mass is 16.5. The second-order valence-corrected chi connectivity index (χ2v) is 8.33. The lowest BCUT2D eigenvalue weighted by Crippen LogP contribution is -2.54. The van der Waals surface area contributed by atoms with E-state index < -0.39 is 6.35 Å². The van der Waals surface area contributed by atoms with Gasteiger partial charge in [0.1, 0.15) is 5.75 Å². The van der Waals surface area contributed by atoms with Crippen LogP contribution in [-0.4, -0.2) is 79.7 Å². The summed E-state index contributed by atoms with van der Waals surface area (Å²) in [6.07, 6.45) is 3.78. The summed E-state index contributed by atoms with van der Waals surface area (Å²) in [7, 11) is 0. The topological polar surface area (TPSA) is 103 Å². The van der Waals surface area contributed by atoms with E-state index in [1.54, 1.807) is 17.0 Å². The molecular formula is C22H32N4O5. The number of anilines is 1. The maximum absolute atomic E-state index is 12.5. The Bertz CT molecular complexity index is 745. The molecule has 1 aromatic carbocycles. The lowest BCUT2D eigenvalue weighted by Gasteiger charge is -2.35. The first-order chi connectivity index (χ1) is 15.1. The largest absolute Gasteiger partial charge is 0.484 e. The van der Waals surface area contributed by atoms with E-state index in [0.29, 0.717) is 37.9 Å². The van der Waals surface area contributed by atoms with Gasteiger partial charge in [0.25, 0.3) is 5.91 Å². The summed E-state index contributed by atoms with van der Waals surface area (Å²) in [6, 6.07) is 7.16. The number of piperidine rings is 2. The second-order valence-electron chi connectivity index (χ2n) is 8.33. The van der Waals surface area contributed by atoms with Crippen molar-refractivity contribution in [2.24, 2.45) is 0 Å². The van der Waals surface area contributed by atoms with Crippen molar-refractivity contribution in [3.8, 4) is 5.75 Å². The molecule has 0 bridgehead atoms. The van der Waals surface area contributed by atoms with Gasteiger partial charge in [0, 0.05) is 31.7 Å². The fourth-order valence-electron chi connectivity index (χ4n) is 4.32. The van der Waals surface area contributed by atoms with Crippen LogP contribution in [0.15, 0.2) is 24.3 Å². The number of nitrogens with zero attached hydrogens (tertiary/aromatic N) is 2. The van der Waals surface area contributed by atoms with Crippen LogP contribution in [0.4, 0.5) is 5.69 Å². The number of nitrogens with one attached hydrogen (secondary N) is 2. The molecule has 4 rings (SSSR count). The Hall–Kier alpha value is -2.36. The zero-order valence-electron chi connectivity index (χ0n) is 17.8. The van der Waals surface area contributed by atoms with Gasteiger partial charge in [-0.05, 0) is 63.0 Å². The molecule has 3 saturated heterocycles. The van der Waals surface area contributed by atoms with Crippen molar-refractivity contribution in [1.82, 2.24) is 15.5 Å². The predicted octanol–water partition coefficient (Wildman–Crippen LogP) is 0.427. The summed E-state index contributed by atoms with van der Waals surface area (Å²) in [5, 5.41) is 15.8. The molecule has 1 unspecified atom stereocenters. The average molecular weight is 433 g/mol. The summed E-state index contributed by atoms with van der Waals surface area (Å²) in [4.78, 5) is 27.4. The first-order valence-corrected chi connectivity index (χ1v) is 11.2. The number of aliphatic hydroxyl groups excluding tert-OH is 1. The molecule has 0 aliphatic carbocycles. The molecule has 3 aliphatic rings. The van der Waals surface area contributed by atoms with Gasteiger partial charge < -0.3 is 35.0 Å². The van der Waals surface area contributed by atoms with Crippen LogP contribution in [0.5, 0.6) is 5.75 Å². The molecule has 0 aromatic heterocycles. The number of carbonyl (C=O) groups excluding carboxylic acids is 2. The Kier molecular flexibility index (Phi) is 7.26. The quantitative estimate of drug-likeness (QED) is 0.599. The van der Waals surface area contributed by atoms with Crippen molar-refractivity contribution in [2.75, 3.05) is 44.2 Å². The molecule has 1 atom stereocenters. The van der Waals surface area contributed by atoms with Gasteiger partial charge in [-0.3, -0.25) is 9.59 Å². The van der Waals surface area contributed by atoms with Gasteiger partial charge in [-0.1, -0.05) is 0 Å². The molecule has 9 heteroatoms. The van der Waals surface area contributed by atoms with Crippen molar-refractivity contribution >= 4 is 17.5 Å². The lowest BCUT2D eigenvalue weighted by atomic mass is 10.1. The Morgan fingerprint density at radius 1 is 1.03 bits per heavy atom. The van der Waals surface area contributed by atoms with Crippen LogP contribution >= 0.6 is 0 Å². The summed E-state index contributed by atoms with van der Waals surface area (Å²) in [5.74, 6) is 0.416. The monoisotopic (exact) mass is 432 g/mol. The molecule has 2 amide bonds. The minimum atomic E-state index is -1.03. The molecule has 3 N–H and O–H groups in total. The zero-order valence-corrected chi connectivity index (χ0v) is 17.8. The normalized spacial score (nSPS) is 23.5. The third kappa shape index (κ3) is 5.87. The van der Waals surface area contributed by atoms with E-state index in [-0.39, 0.29) is 24.5 Å². The summed E-state index contributed by atoms with van der Waals surface area (Å²) < 4.78 is 11.9. The summed E-state index contributed by atoms with van der Waals surface area (Å²) >= 11 is 0. The molecule has 3 aliphatic heterocycles. The highest BCUT2D eigenvalue weighted by Gasteiger charge is 2.27. The van der Waals surface area contributed by atoms with Gasteiger partial charge in [-0.15, -0.1) is 0 Å². The van der Waals surface area contributed by atoms with Crippen molar-refractivity contribution in [3.05, 3.63) is 24.3 Å². The minimum absolute atomic E-state index is 0.00155. The molecule has 3 fully saturated rings. The van der Waals surface area contributed by atoms with Crippen molar-refractivity contribution < 1.29 is 24.2 Å². The number of rotatable bonds is 6. The van der Waals surface area contributed by atoms with E-state index in [1.165, 1.54) is 0 Å². The van der Waals surface area contributed by atoms with Gasteiger partial charge in [-0.25, -0.2) is 0 Å². The van der Waals surface area contributed by atoms with E-state index in [9.17, 15) is 14.7 Å². The fraction of sp³-hybridized carbons (Fsp3) is 0.636. The van der Waals surface area contributed by atoms with Gasteiger partial charge in [0.15, 0.2) is 6.61 Å². The first kappa shape index (κ1) is 21.9. The molecule has 9 nitrogen and oxygen atoms in total. The summed E-state index contributed by atoms with van der Waals surface area (Å²) in [6.45, 7) is 3.90. The SMILES string of the molecule is O=C1CCN(c2ccc(OCC(=O)N3CCC(OC4CCNCC4)CC3)cc2)C(O)N1. The predicted molar refractivity (Wildman–Crippen MR) is 115 cm³/mol. The number of amides is 2. The Morgan fingerprint density at radius 3 is 2.39 bits per heavy atom. The minimum Gasteiger partial charge on any atom is -0.484 e. The van der Waals surface area contributed by atoms with Crippen LogP contribution in [-0.2, 0) is 14.3 Å². The molecule has 0 saturated carbocycles. The van der Waals surface area contributed by atoms with Crippen LogP contribution in [0.2, 0.25) is 0 Å². The van der Waals surface area contributed by atoms with E-state index in [4.69, 9.17) is 9.47 Å². The standard InChI is InChI=1S/C22H32N4O5/c27-20-9-14-26(22(29)24-20)16-1-3-17(4-2-16)30-15-21(28)25-12-7-19(8-13-25)31-18-5-10-23-11-6-18/h1-4,18-19,22-23,29H,5-15H2,(H,24,27). The third-order valence-corrected chi connectivity index (χ3v) is 6.16. The van der Waals surface area contributed by atoms with Crippen LogP contribution in [0.25, 0.3) is 0 Å². The first-order valence-electron chi connectivity index (χ1n) is 11.2. The van der Waals surface area contributed by atoms with E-state index in [2.05, 4.69) is 10.6 Å². The van der Waals surface area contributed by atoms with Gasteiger partial charge in [0.2, 0.25) is 12.3 Å². The van der Waals surface area contributed by atoms with Gasteiger partial charge in [0.05, 0.1) is 12.2 Å². The fourth-order valence-corrected chi connectivity index (χ4v) is 4.32. The number of hydrogen-bond acceptors (Lipinski definition) is 7. The van der Waals surface area contributed by atoms with Crippen LogP contribution in [0, 0.1) is 0 Å². The third-order valence-electron chi connectivity index (χ3n) is 6.16. The maximum Gasteiger partial charge on any atom is 0.260 e. The van der Waals surface area contributed by atoms with Crippen LogP contribution in [0.1, 0.15) is 32.1 Å². The number of likely N-dealkylation sites (tertiary alicyclic amines) is 1. The number of hydrogen-bond donors (Lipinski definition) is 3. The Balaban J connectivity index is 1.19. The molecule has 170 valence electrons. The van der Waals surface area contributed by atoms with Crippen molar-refractivity contribution in [1.29, 1.82) is 0 Å². The Morgan fingerprint density at radius 2 is 1.71 bits per heavy atom. The smallest absolute Gasteiger partial charge is 0.260 e. The van der Waals surface area contributed by atoms with E-state index in [0.717, 1.165) is 44.5 Å². The molecule has 1 aromatic rings. The number of carbonyl (C=O) groups is 2. The zero-order chi connectivity index (χ0) is 21.6. The molecule has 0 radical (unpaired) electrons. The second kappa shape index (κ2) is 10.3. The van der Waals surface area contributed by atoms with Crippen LogP contribution < -0.4 is 20.3 Å². The molecular weight excluding hydrogens is 400 g/mol. The molecule has 3 heterocycles. The van der Waals surface area contributed by atoms with Crippen LogP contribution in [0.3, 0.4) is 0 Å². The highest BCUT2D eigenvalue weighted by Crippen LogP contribution is 2.23. The summed E-state index contributed by atoms with van der Waals surface area (Å²) in [5.41, 5.74) is 0.780. The van der Waals surface area contributed by atoms with E-state index >= 15 is 0 Å². The number of aliphatic hydroxyl groups is 1. The molecule has 31 heavy (non-hydrogen) atoms. The highest BCUT2D eigenvalue weighted by molar-refractivity contribution is 5.79. The van der Waals surface area contributed by atoms with Gasteiger partial charge in [-0.2, -0.15) is 0 Å².